The number of nitrogens with one attached hydrogen (secondary N) is 1. The van der Waals surface area contributed by atoms with Crippen LogP contribution in [0.4, 0.5) is 11.4 Å². The number of likely N-dealkylation sites (N-methyl/N-ethyl adjacent to an activating group) is 1. The zero-order valence-corrected chi connectivity index (χ0v) is 17.1. The molecule has 8 nitrogen and oxygen atoms in total. The van der Waals surface area contributed by atoms with E-state index in [2.05, 4.69) is 15.3 Å². The number of carbonyl (C=O) groups excluding carboxylic acids is 2. The van der Waals surface area contributed by atoms with E-state index in [1.54, 1.807) is 15.8 Å². The Labute approximate surface area is 171 Å². The molecule has 0 bridgehead atoms. The molecular formula is C21H29N5O3. The highest BCUT2D eigenvalue weighted by Gasteiger charge is 2.16. The summed E-state index contributed by atoms with van der Waals surface area (Å²) in [4.78, 5) is 28.7. The largest absolute Gasteiger partial charge is 0.378 e. The van der Waals surface area contributed by atoms with Gasteiger partial charge in [0.1, 0.15) is 0 Å². The molecule has 2 aromatic rings. The smallest absolute Gasteiger partial charge is 0.243 e. The number of anilines is 2. The number of benzene rings is 1. The standard InChI is InChI=1S/C21H29N5O3/c1-3-25(21(28)9-4-17-14-22-24(2)15-17)16-20(27)23-18-5-7-19(8-6-18)26-10-12-29-13-11-26/h5-8,14-15H,3-4,9-13,16H2,1-2H3,(H,23,27). The molecule has 1 aliphatic rings. The number of aromatic nitrogens is 2. The molecule has 0 radical (unpaired) electrons. The summed E-state index contributed by atoms with van der Waals surface area (Å²) < 4.78 is 7.09. The first-order valence-electron chi connectivity index (χ1n) is 10.0. The van der Waals surface area contributed by atoms with Crippen LogP contribution in [-0.2, 0) is 27.8 Å². The second-order valence-electron chi connectivity index (χ2n) is 7.12. The SMILES string of the molecule is CCN(CC(=O)Nc1ccc(N2CCOCC2)cc1)C(=O)CCc1cnn(C)c1. The third-order valence-electron chi connectivity index (χ3n) is 4.98. The van der Waals surface area contributed by atoms with Crippen molar-refractivity contribution in [1.82, 2.24) is 14.7 Å². The maximum atomic E-state index is 12.5. The monoisotopic (exact) mass is 399 g/mol. The molecule has 0 atom stereocenters. The number of ether oxygens (including phenoxy) is 1. The van der Waals surface area contributed by atoms with E-state index in [1.165, 1.54) is 0 Å². The van der Waals surface area contributed by atoms with E-state index in [0.29, 0.717) is 19.4 Å². The molecule has 2 amide bonds. The van der Waals surface area contributed by atoms with Crippen LogP contribution < -0.4 is 10.2 Å². The molecule has 0 unspecified atom stereocenters. The number of nitrogens with zero attached hydrogens (tertiary/aromatic N) is 4. The van der Waals surface area contributed by atoms with Crippen molar-refractivity contribution in [2.75, 3.05) is 49.6 Å². The summed E-state index contributed by atoms with van der Waals surface area (Å²) in [5, 5.41) is 6.99. The first kappa shape index (κ1) is 20.9. The lowest BCUT2D eigenvalue weighted by Gasteiger charge is -2.29. The molecule has 29 heavy (non-hydrogen) atoms. The summed E-state index contributed by atoms with van der Waals surface area (Å²) in [6.45, 7) is 5.65. The van der Waals surface area contributed by atoms with E-state index in [4.69, 9.17) is 4.74 Å². The Balaban J connectivity index is 1.48. The van der Waals surface area contributed by atoms with Gasteiger partial charge in [-0.3, -0.25) is 14.3 Å². The van der Waals surface area contributed by atoms with Crippen molar-refractivity contribution in [3.8, 4) is 0 Å². The fourth-order valence-corrected chi connectivity index (χ4v) is 3.34. The van der Waals surface area contributed by atoms with Gasteiger partial charge in [-0.2, -0.15) is 5.10 Å². The fourth-order valence-electron chi connectivity index (χ4n) is 3.34. The van der Waals surface area contributed by atoms with E-state index in [0.717, 1.165) is 43.2 Å². The highest BCUT2D eigenvalue weighted by molar-refractivity contribution is 5.94. The molecule has 0 spiro atoms. The van der Waals surface area contributed by atoms with E-state index in [9.17, 15) is 9.59 Å². The van der Waals surface area contributed by atoms with E-state index < -0.39 is 0 Å². The lowest BCUT2D eigenvalue weighted by Crippen LogP contribution is -2.38. The third kappa shape index (κ3) is 6.05. The maximum absolute atomic E-state index is 12.5. The first-order valence-corrected chi connectivity index (χ1v) is 10.0. The Morgan fingerprint density at radius 2 is 1.93 bits per heavy atom. The average molecular weight is 399 g/mol. The topological polar surface area (TPSA) is 79.7 Å². The van der Waals surface area contributed by atoms with Crippen molar-refractivity contribution in [3.63, 3.8) is 0 Å². The van der Waals surface area contributed by atoms with Gasteiger partial charge in [-0.25, -0.2) is 0 Å². The van der Waals surface area contributed by atoms with Crippen LogP contribution in [0, 0.1) is 0 Å². The predicted octanol–water partition coefficient (Wildman–Crippen LogP) is 1.68. The molecule has 8 heteroatoms. The summed E-state index contributed by atoms with van der Waals surface area (Å²) in [5.41, 5.74) is 2.86. The number of hydrogen-bond acceptors (Lipinski definition) is 5. The van der Waals surface area contributed by atoms with Crippen LogP contribution >= 0.6 is 0 Å². The Kier molecular flexibility index (Phi) is 7.24. The van der Waals surface area contributed by atoms with Crippen LogP contribution in [0.5, 0.6) is 0 Å². The van der Waals surface area contributed by atoms with Crippen molar-refractivity contribution in [2.24, 2.45) is 7.05 Å². The minimum Gasteiger partial charge on any atom is -0.378 e. The molecule has 1 saturated heterocycles. The Bertz CT molecular complexity index is 812. The number of rotatable bonds is 8. The summed E-state index contributed by atoms with van der Waals surface area (Å²) in [6.07, 6.45) is 4.64. The number of carbonyl (C=O) groups is 2. The van der Waals surface area contributed by atoms with E-state index in [-0.39, 0.29) is 18.4 Å². The molecule has 1 fully saturated rings. The highest BCUT2D eigenvalue weighted by atomic mass is 16.5. The van der Waals surface area contributed by atoms with Crippen LogP contribution in [0.1, 0.15) is 18.9 Å². The van der Waals surface area contributed by atoms with Gasteiger partial charge >= 0.3 is 0 Å². The van der Waals surface area contributed by atoms with Crippen LogP contribution in [0.15, 0.2) is 36.7 Å². The number of morpholine rings is 1. The molecule has 0 aliphatic carbocycles. The lowest BCUT2D eigenvalue weighted by atomic mass is 10.2. The Morgan fingerprint density at radius 1 is 1.21 bits per heavy atom. The minimum atomic E-state index is -0.194. The van der Waals surface area contributed by atoms with Gasteiger partial charge in [-0.15, -0.1) is 0 Å². The maximum Gasteiger partial charge on any atom is 0.243 e. The summed E-state index contributed by atoms with van der Waals surface area (Å²) in [7, 11) is 1.85. The van der Waals surface area contributed by atoms with Crippen LogP contribution in [0.2, 0.25) is 0 Å². The molecular weight excluding hydrogens is 370 g/mol. The van der Waals surface area contributed by atoms with E-state index >= 15 is 0 Å². The van der Waals surface area contributed by atoms with Gasteiger partial charge in [0.25, 0.3) is 0 Å². The van der Waals surface area contributed by atoms with Gasteiger partial charge < -0.3 is 19.9 Å². The zero-order chi connectivity index (χ0) is 20.6. The second kappa shape index (κ2) is 10.1. The van der Waals surface area contributed by atoms with Gasteiger partial charge in [0.15, 0.2) is 0 Å². The van der Waals surface area contributed by atoms with Crippen molar-refractivity contribution in [2.45, 2.75) is 19.8 Å². The number of hydrogen-bond donors (Lipinski definition) is 1. The average Bonchev–Trinajstić information content (AvgIpc) is 3.16. The quantitative estimate of drug-likeness (QED) is 0.731. The van der Waals surface area contributed by atoms with Gasteiger partial charge in [0, 0.05) is 50.7 Å². The normalized spacial score (nSPS) is 13.9. The second-order valence-corrected chi connectivity index (χ2v) is 7.12. The van der Waals surface area contributed by atoms with Crippen LogP contribution in [0.25, 0.3) is 0 Å². The van der Waals surface area contributed by atoms with Gasteiger partial charge in [0.05, 0.1) is 26.0 Å². The minimum absolute atomic E-state index is 0.0332. The summed E-state index contributed by atoms with van der Waals surface area (Å²) in [5.74, 6) is -0.227. The first-order chi connectivity index (χ1) is 14.0. The van der Waals surface area contributed by atoms with Crippen LogP contribution in [-0.4, -0.2) is 65.9 Å². The highest BCUT2D eigenvalue weighted by Crippen LogP contribution is 2.19. The van der Waals surface area contributed by atoms with Crippen molar-refractivity contribution >= 4 is 23.2 Å². The Hall–Kier alpha value is -2.87. The van der Waals surface area contributed by atoms with Gasteiger partial charge in [0.2, 0.25) is 11.8 Å². The summed E-state index contributed by atoms with van der Waals surface area (Å²) >= 11 is 0. The van der Waals surface area contributed by atoms with Crippen molar-refractivity contribution in [3.05, 3.63) is 42.2 Å². The molecule has 0 saturated carbocycles. The van der Waals surface area contributed by atoms with Gasteiger partial charge in [-0.1, -0.05) is 0 Å². The fraction of sp³-hybridized carbons (Fsp3) is 0.476. The molecule has 1 N–H and O–H groups in total. The third-order valence-corrected chi connectivity index (χ3v) is 4.98. The van der Waals surface area contributed by atoms with E-state index in [1.807, 2.05) is 44.4 Å². The number of amides is 2. The molecule has 1 aliphatic heterocycles. The molecule has 1 aromatic heterocycles. The molecule has 156 valence electrons. The van der Waals surface area contributed by atoms with Crippen LogP contribution in [0.3, 0.4) is 0 Å². The van der Waals surface area contributed by atoms with Crippen molar-refractivity contribution in [1.29, 1.82) is 0 Å². The Morgan fingerprint density at radius 3 is 2.55 bits per heavy atom. The van der Waals surface area contributed by atoms with Gasteiger partial charge in [-0.05, 0) is 43.2 Å². The molecule has 2 heterocycles. The summed E-state index contributed by atoms with van der Waals surface area (Å²) in [6, 6.07) is 7.78. The molecule has 1 aromatic carbocycles. The van der Waals surface area contributed by atoms with Crippen molar-refractivity contribution < 1.29 is 14.3 Å². The zero-order valence-electron chi connectivity index (χ0n) is 17.1. The predicted molar refractivity (Wildman–Crippen MR) is 112 cm³/mol. The number of aryl methyl sites for hydroxylation is 2. The lowest BCUT2D eigenvalue weighted by molar-refractivity contribution is -0.134. The molecule has 3 rings (SSSR count).